The van der Waals surface area contributed by atoms with E-state index in [4.69, 9.17) is 29.4 Å². The number of nitrogen functional groups attached to an aromatic ring is 1. The molecule has 0 radical (unpaired) electrons. The number of aromatic nitrogens is 2. The predicted molar refractivity (Wildman–Crippen MR) is 110 cm³/mol. The summed E-state index contributed by atoms with van der Waals surface area (Å²) in [6, 6.07) is 7.22. The normalized spacial score (nSPS) is 10.5. The van der Waals surface area contributed by atoms with Gasteiger partial charge in [-0.15, -0.1) is 0 Å². The van der Waals surface area contributed by atoms with Gasteiger partial charge in [0.2, 0.25) is 11.7 Å². The van der Waals surface area contributed by atoms with Crippen LogP contribution in [0.1, 0.15) is 5.56 Å². The second-order valence-electron chi connectivity index (χ2n) is 6.04. The first-order valence-electron chi connectivity index (χ1n) is 8.76. The Bertz CT molecular complexity index is 1000. The summed E-state index contributed by atoms with van der Waals surface area (Å²) in [5.74, 6) is 3.52. The number of benzene rings is 2. The Morgan fingerprint density at radius 2 is 1.34 bits per heavy atom. The van der Waals surface area contributed by atoms with Crippen molar-refractivity contribution in [1.29, 1.82) is 0 Å². The summed E-state index contributed by atoms with van der Waals surface area (Å²) in [5, 5.41) is 3.86. The van der Waals surface area contributed by atoms with Crippen LogP contribution < -0.4 is 34.7 Å². The van der Waals surface area contributed by atoms with Crippen LogP contribution in [0.2, 0.25) is 0 Å². The minimum atomic E-state index is 0.336. The van der Waals surface area contributed by atoms with Gasteiger partial charge in [-0.1, -0.05) is 0 Å². The summed E-state index contributed by atoms with van der Waals surface area (Å²) in [4.78, 5) is 8.87. The lowest BCUT2D eigenvalue weighted by atomic mass is 10.1. The number of anilines is 2. The second kappa shape index (κ2) is 8.59. The molecule has 0 bridgehead atoms. The summed E-state index contributed by atoms with van der Waals surface area (Å²) in [6.45, 7) is 0.426. The van der Waals surface area contributed by atoms with Crippen LogP contribution in [0, 0.1) is 0 Å². The lowest BCUT2D eigenvalue weighted by Gasteiger charge is -2.15. The van der Waals surface area contributed by atoms with Gasteiger partial charge in [0.1, 0.15) is 5.82 Å². The van der Waals surface area contributed by atoms with Gasteiger partial charge in [0, 0.05) is 18.0 Å². The summed E-state index contributed by atoms with van der Waals surface area (Å²) >= 11 is 0. The van der Waals surface area contributed by atoms with E-state index in [9.17, 15) is 0 Å². The highest BCUT2D eigenvalue weighted by Gasteiger charge is 2.14. The second-order valence-corrected chi connectivity index (χ2v) is 6.04. The zero-order valence-corrected chi connectivity index (χ0v) is 17.0. The molecule has 0 amide bonds. The monoisotopic (exact) mass is 400 g/mol. The molecule has 9 heteroatoms. The fraction of sp³-hybridized carbons (Fsp3) is 0.300. The van der Waals surface area contributed by atoms with Crippen molar-refractivity contribution in [2.24, 2.45) is 0 Å². The van der Waals surface area contributed by atoms with E-state index in [2.05, 4.69) is 15.3 Å². The molecule has 0 saturated carbocycles. The molecule has 0 unspecified atom stereocenters. The summed E-state index contributed by atoms with van der Waals surface area (Å²) in [5.41, 5.74) is 7.66. The lowest BCUT2D eigenvalue weighted by Crippen LogP contribution is -2.07. The Morgan fingerprint density at radius 1 is 0.759 bits per heavy atom. The molecule has 0 aliphatic carbocycles. The zero-order chi connectivity index (χ0) is 21.0. The number of hydrogen-bond donors (Lipinski definition) is 2. The molecule has 0 spiro atoms. The quantitative estimate of drug-likeness (QED) is 0.590. The third-order valence-electron chi connectivity index (χ3n) is 4.41. The van der Waals surface area contributed by atoms with Gasteiger partial charge in [-0.2, -0.15) is 4.98 Å². The largest absolute Gasteiger partial charge is 0.493 e. The van der Waals surface area contributed by atoms with E-state index in [1.54, 1.807) is 47.7 Å². The van der Waals surface area contributed by atoms with Gasteiger partial charge >= 0.3 is 0 Å². The maximum atomic E-state index is 6.13. The van der Waals surface area contributed by atoms with Crippen molar-refractivity contribution in [3.05, 3.63) is 29.8 Å². The molecule has 2 aromatic carbocycles. The van der Waals surface area contributed by atoms with Crippen molar-refractivity contribution < 1.29 is 23.7 Å². The van der Waals surface area contributed by atoms with E-state index in [0.717, 1.165) is 5.56 Å². The average Bonchev–Trinajstić information content (AvgIpc) is 2.75. The Labute approximate surface area is 168 Å². The van der Waals surface area contributed by atoms with E-state index in [0.29, 0.717) is 58.0 Å². The van der Waals surface area contributed by atoms with Gasteiger partial charge in [-0.25, -0.2) is 4.98 Å². The SMILES string of the molecule is COc1cc2nc(NCc3cc(OC)c(OC)c(OC)c3)nc(N)c2cc1OC. The van der Waals surface area contributed by atoms with E-state index in [1.165, 1.54) is 0 Å². The van der Waals surface area contributed by atoms with Gasteiger partial charge in [0.25, 0.3) is 0 Å². The van der Waals surface area contributed by atoms with Crippen LogP contribution in [-0.2, 0) is 6.54 Å². The van der Waals surface area contributed by atoms with E-state index in [-0.39, 0.29) is 0 Å². The smallest absolute Gasteiger partial charge is 0.225 e. The first-order valence-corrected chi connectivity index (χ1v) is 8.76. The Hall–Kier alpha value is -3.62. The molecule has 154 valence electrons. The van der Waals surface area contributed by atoms with Crippen LogP contribution >= 0.6 is 0 Å². The molecule has 3 N–H and O–H groups in total. The highest BCUT2D eigenvalue weighted by Crippen LogP contribution is 2.38. The van der Waals surface area contributed by atoms with Crippen LogP contribution in [0.15, 0.2) is 24.3 Å². The number of rotatable bonds is 8. The summed E-state index contributed by atoms with van der Waals surface area (Å²) < 4.78 is 26.8. The Kier molecular flexibility index (Phi) is 5.96. The maximum Gasteiger partial charge on any atom is 0.225 e. The molecule has 0 aliphatic rings. The molecule has 0 aliphatic heterocycles. The topological polar surface area (TPSA) is 110 Å². The number of methoxy groups -OCH3 is 5. The highest BCUT2D eigenvalue weighted by molar-refractivity contribution is 5.91. The fourth-order valence-electron chi connectivity index (χ4n) is 2.98. The van der Waals surface area contributed by atoms with Crippen LogP contribution in [0.5, 0.6) is 28.7 Å². The van der Waals surface area contributed by atoms with Crippen molar-refractivity contribution in [1.82, 2.24) is 9.97 Å². The third-order valence-corrected chi connectivity index (χ3v) is 4.41. The molecule has 1 heterocycles. The number of nitrogens with two attached hydrogens (primary N) is 1. The minimum absolute atomic E-state index is 0.336. The van der Waals surface area contributed by atoms with Crippen LogP contribution in [0.25, 0.3) is 10.9 Å². The van der Waals surface area contributed by atoms with Gasteiger partial charge in [-0.05, 0) is 23.8 Å². The first kappa shape index (κ1) is 20.1. The minimum Gasteiger partial charge on any atom is -0.493 e. The molecule has 1 aromatic heterocycles. The van der Waals surface area contributed by atoms with Gasteiger partial charge < -0.3 is 34.7 Å². The molecule has 0 saturated heterocycles. The van der Waals surface area contributed by atoms with Gasteiger partial charge in [0.15, 0.2) is 23.0 Å². The zero-order valence-electron chi connectivity index (χ0n) is 17.0. The molecular formula is C20H24N4O5. The number of hydrogen-bond acceptors (Lipinski definition) is 9. The fourth-order valence-corrected chi connectivity index (χ4v) is 2.98. The maximum absolute atomic E-state index is 6.13. The molecule has 3 aromatic rings. The molecule has 9 nitrogen and oxygen atoms in total. The van der Waals surface area contributed by atoms with Crippen LogP contribution in [-0.4, -0.2) is 45.5 Å². The van der Waals surface area contributed by atoms with E-state index in [1.807, 2.05) is 12.1 Å². The summed E-state index contributed by atoms with van der Waals surface area (Å²) in [6.07, 6.45) is 0. The third kappa shape index (κ3) is 3.98. The number of nitrogens with zero attached hydrogens (tertiary/aromatic N) is 2. The highest BCUT2D eigenvalue weighted by atomic mass is 16.5. The van der Waals surface area contributed by atoms with Gasteiger partial charge in [0.05, 0.1) is 41.1 Å². The van der Waals surface area contributed by atoms with Gasteiger partial charge in [-0.3, -0.25) is 0 Å². The van der Waals surface area contributed by atoms with Crippen LogP contribution in [0.4, 0.5) is 11.8 Å². The van der Waals surface area contributed by atoms with Crippen molar-refractivity contribution in [2.75, 3.05) is 46.6 Å². The number of nitrogens with one attached hydrogen (secondary N) is 1. The van der Waals surface area contributed by atoms with Crippen molar-refractivity contribution in [2.45, 2.75) is 6.54 Å². The van der Waals surface area contributed by atoms with E-state index >= 15 is 0 Å². The molecule has 29 heavy (non-hydrogen) atoms. The predicted octanol–water partition coefficient (Wildman–Crippen LogP) is 2.87. The number of ether oxygens (including phenoxy) is 5. The lowest BCUT2D eigenvalue weighted by molar-refractivity contribution is 0.324. The Balaban J connectivity index is 1.91. The number of fused-ring (bicyclic) bond motifs is 1. The standard InChI is InChI=1S/C20H24N4O5/c1-25-14-8-12-13(9-15(14)26-2)23-20(24-19(12)21)22-10-11-6-16(27-3)18(29-5)17(7-11)28-4/h6-9H,10H2,1-5H3,(H3,21,22,23,24). The van der Waals surface area contributed by atoms with E-state index < -0.39 is 0 Å². The molecule has 3 rings (SSSR count). The molecule has 0 atom stereocenters. The molecule has 0 fully saturated rings. The Morgan fingerprint density at radius 3 is 1.90 bits per heavy atom. The van der Waals surface area contributed by atoms with Crippen molar-refractivity contribution >= 4 is 22.7 Å². The van der Waals surface area contributed by atoms with Crippen molar-refractivity contribution in [3.63, 3.8) is 0 Å². The van der Waals surface area contributed by atoms with Crippen molar-refractivity contribution in [3.8, 4) is 28.7 Å². The first-order chi connectivity index (χ1) is 14.0. The average molecular weight is 400 g/mol. The summed E-state index contributed by atoms with van der Waals surface area (Å²) in [7, 11) is 7.84. The molecular weight excluding hydrogens is 376 g/mol. The van der Waals surface area contributed by atoms with Crippen LogP contribution in [0.3, 0.4) is 0 Å².